The van der Waals surface area contributed by atoms with Crippen LogP contribution in [0.5, 0.6) is 0 Å². The van der Waals surface area contributed by atoms with Crippen LogP contribution < -0.4 is 11.4 Å². The topological polar surface area (TPSA) is 97.8 Å². The summed E-state index contributed by atoms with van der Waals surface area (Å²) in [6.45, 7) is -0.871. The second-order valence-corrected chi connectivity index (χ2v) is 9.07. The van der Waals surface area contributed by atoms with E-state index in [2.05, 4.69) is 4.98 Å². The summed E-state index contributed by atoms with van der Waals surface area (Å²) < 4.78 is 64.5. The van der Waals surface area contributed by atoms with E-state index in [1.54, 1.807) is 13.8 Å². The van der Waals surface area contributed by atoms with Gasteiger partial charge in [0.25, 0.3) is 6.43 Å². The van der Waals surface area contributed by atoms with Crippen LogP contribution in [0.25, 0.3) is 0 Å². The van der Waals surface area contributed by atoms with Crippen molar-refractivity contribution in [1.29, 1.82) is 0 Å². The van der Waals surface area contributed by atoms with E-state index < -0.39 is 55.6 Å². The maximum absolute atomic E-state index is 15.0. The lowest BCUT2D eigenvalue weighted by molar-refractivity contribution is -0.204. The van der Waals surface area contributed by atoms with Crippen LogP contribution in [-0.4, -0.2) is 46.6 Å². The van der Waals surface area contributed by atoms with E-state index in [0.717, 1.165) is 10.8 Å². The maximum atomic E-state index is 15.0. The number of ether oxygens (including phenoxy) is 1. The number of alkyl halides is 3. The van der Waals surface area contributed by atoms with Crippen molar-refractivity contribution >= 4 is 24.3 Å². The second-order valence-electron chi connectivity index (χ2n) is 6.15. The van der Waals surface area contributed by atoms with Crippen LogP contribution in [0.2, 0.25) is 0 Å². The molecular weight excluding hydrogens is 398 g/mol. The monoisotopic (exact) mass is 415 g/mol. The summed E-state index contributed by atoms with van der Waals surface area (Å²) in [5.74, 6) is -0.0962. The number of nitrogen functional groups attached to an aromatic ring is 1. The van der Waals surface area contributed by atoms with Gasteiger partial charge in [-0.15, -0.1) is 0 Å². The highest BCUT2D eigenvalue weighted by Gasteiger charge is 2.67. The Morgan fingerprint density at radius 2 is 2.23 bits per heavy atom. The summed E-state index contributed by atoms with van der Waals surface area (Å²) in [5.41, 5.74) is 2.02. The molecule has 1 aromatic rings. The Hall–Kier alpha value is -1.04. The Bertz CT molecular complexity index is 797. The molecule has 2 aliphatic rings. The first-order valence-corrected chi connectivity index (χ1v) is 10.2. The minimum absolute atomic E-state index is 0.0962. The Morgan fingerprint density at radius 3 is 2.81 bits per heavy atom. The third-order valence-corrected chi connectivity index (χ3v) is 6.35. The fourth-order valence-corrected chi connectivity index (χ4v) is 5.34. The van der Waals surface area contributed by atoms with Crippen LogP contribution in [0.4, 0.5) is 19.0 Å². The van der Waals surface area contributed by atoms with Crippen molar-refractivity contribution in [3.8, 4) is 0 Å². The van der Waals surface area contributed by atoms with Crippen molar-refractivity contribution in [2.24, 2.45) is 0 Å². The normalized spacial score (nSPS) is 37.3. The summed E-state index contributed by atoms with van der Waals surface area (Å²) in [6, 6.07) is 1.22. The molecule has 1 aromatic heterocycles. The fraction of sp³-hybridized carbons (Fsp3) is 0.692. The van der Waals surface area contributed by atoms with Gasteiger partial charge in [0.2, 0.25) is 0 Å². The minimum atomic E-state index is -3.44. The van der Waals surface area contributed by atoms with Gasteiger partial charge in [0.05, 0.1) is 12.7 Å². The van der Waals surface area contributed by atoms with Crippen molar-refractivity contribution in [2.45, 2.75) is 50.5 Å². The zero-order chi connectivity index (χ0) is 19.3. The van der Waals surface area contributed by atoms with Crippen LogP contribution in [0.3, 0.4) is 0 Å². The van der Waals surface area contributed by atoms with Gasteiger partial charge in [-0.25, -0.2) is 18.0 Å². The summed E-state index contributed by atoms with van der Waals surface area (Å²) in [4.78, 5) is 15.4. The van der Waals surface area contributed by atoms with E-state index in [0.29, 0.717) is 0 Å². The molecule has 5 atom stereocenters. The highest BCUT2D eigenvalue weighted by molar-refractivity contribution is 8.07. The predicted octanol–water partition coefficient (Wildman–Crippen LogP) is 1.76. The average Bonchev–Trinajstić information content (AvgIpc) is 2.80. The molecule has 0 aromatic carbocycles. The number of rotatable bonds is 4. The highest BCUT2D eigenvalue weighted by atomic mass is 32.5. The van der Waals surface area contributed by atoms with Crippen molar-refractivity contribution in [3.63, 3.8) is 0 Å². The Balaban J connectivity index is 1.97. The number of halogens is 3. The zero-order valence-corrected chi connectivity index (χ0v) is 15.5. The molecule has 3 heterocycles. The van der Waals surface area contributed by atoms with E-state index in [-0.39, 0.29) is 5.82 Å². The molecule has 1 unspecified atom stereocenters. The first-order valence-electron chi connectivity index (χ1n) is 7.64. The Morgan fingerprint density at radius 1 is 1.54 bits per heavy atom. The van der Waals surface area contributed by atoms with E-state index >= 15 is 4.39 Å². The van der Waals surface area contributed by atoms with Crippen LogP contribution in [-0.2, 0) is 30.1 Å². The molecule has 2 fully saturated rings. The summed E-state index contributed by atoms with van der Waals surface area (Å²) >= 11 is 5.12. The number of hydrogen-bond acceptors (Lipinski definition) is 8. The molecule has 2 saturated heterocycles. The lowest BCUT2D eigenvalue weighted by Crippen LogP contribution is -2.55. The Kier molecular flexibility index (Phi) is 5.19. The van der Waals surface area contributed by atoms with Crippen LogP contribution >= 0.6 is 6.72 Å². The summed E-state index contributed by atoms with van der Waals surface area (Å²) in [5, 5.41) is 0. The van der Waals surface area contributed by atoms with Gasteiger partial charge in [-0.05, 0) is 31.7 Å². The molecular formula is C13H17F3N3O5PS. The van der Waals surface area contributed by atoms with Gasteiger partial charge in [-0.1, -0.05) is 0 Å². The molecule has 146 valence electrons. The zero-order valence-electron chi connectivity index (χ0n) is 13.8. The van der Waals surface area contributed by atoms with E-state index in [1.165, 1.54) is 6.07 Å². The third kappa shape index (κ3) is 3.30. The molecule has 0 bridgehead atoms. The van der Waals surface area contributed by atoms with Crippen molar-refractivity contribution in [3.05, 3.63) is 22.7 Å². The quantitative estimate of drug-likeness (QED) is 0.743. The van der Waals surface area contributed by atoms with Gasteiger partial charge >= 0.3 is 12.4 Å². The summed E-state index contributed by atoms with van der Waals surface area (Å²) in [6.07, 6.45) is -8.06. The Labute approximate surface area is 151 Å². The standard InChI is InChI=1S/C13H17F3N3O5PS/c1-6(2)23-25(26)21-5-13(11(15)16)9(24-25)8(14)10(22-13)19-4-3-7(17)18-12(19)20/h3-4,6,8-11H,5H2,1-2H3,(H2,17,18,20)/t8-,9-,10+,13+,25?/m1/s1. The third-order valence-electron chi connectivity index (χ3n) is 3.91. The molecule has 0 radical (unpaired) electrons. The lowest BCUT2D eigenvalue weighted by Gasteiger charge is -2.41. The van der Waals surface area contributed by atoms with Crippen molar-refractivity contribution in [2.75, 3.05) is 12.3 Å². The number of nitrogens with zero attached hydrogens (tertiary/aromatic N) is 2. The number of anilines is 1. The molecule has 13 heteroatoms. The molecule has 8 nitrogen and oxygen atoms in total. The number of hydrogen-bond donors (Lipinski definition) is 1. The molecule has 0 aliphatic carbocycles. The first-order chi connectivity index (χ1) is 12.1. The fourth-order valence-electron chi connectivity index (χ4n) is 2.77. The molecule has 0 spiro atoms. The number of fused-ring (bicyclic) bond motifs is 1. The van der Waals surface area contributed by atoms with Gasteiger partial charge < -0.3 is 19.5 Å². The number of aromatic nitrogens is 2. The largest absolute Gasteiger partial charge is 0.383 e. The van der Waals surface area contributed by atoms with Crippen LogP contribution in [0.1, 0.15) is 20.1 Å². The second kappa shape index (κ2) is 6.84. The van der Waals surface area contributed by atoms with Crippen LogP contribution in [0.15, 0.2) is 17.1 Å². The first kappa shape index (κ1) is 19.7. The molecule has 0 amide bonds. The van der Waals surface area contributed by atoms with Gasteiger partial charge in [-0.2, -0.15) is 4.98 Å². The van der Waals surface area contributed by atoms with Crippen molar-refractivity contribution < 1.29 is 31.5 Å². The average molecular weight is 415 g/mol. The van der Waals surface area contributed by atoms with Gasteiger partial charge in [-0.3, -0.25) is 9.09 Å². The van der Waals surface area contributed by atoms with Gasteiger partial charge in [0.1, 0.15) is 11.9 Å². The lowest BCUT2D eigenvalue weighted by atomic mass is 9.97. The smallest absolute Gasteiger partial charge is 0.351 e. The van der Waals surface area contributed by atoms with Gasteiger partial charge in [0, 0.05) is 6.20 Å². The molecule has 3 rings (SSSR count). The van der Waals surface area contributed by atoms with Gasteiger partial charge in [0.15, 0.2) is 18.0 Å². The maximum Gasteiger partial charge on any atom is 0.351 e. The SMILES string of the molecule is CC(C)OP1(=S)OC[C@]2(C(F)F)O[C@H](n3ccc(N)nc3=O)[C@H](F)[C@H]2O1. The predicted molar refractivity (Wildman–Crippen MR) is 88.0 cm³/mol. The molecule has 0 saturated carbocycles. The minimum Gasteiger partial charge on any atom is -0.383 e. The highest BCUT2D eigenvalue weighted by Crippen LogP contribution is 2.61. The van der Waals surface area contributed by atoms with E-state index in [9.17, 15) is 13.6 Å². The molecule has 2 aliphatic heterocycles. The van der Waals surface area contributed by atoms with Crippen LogP contribution in [0, 0.1) is 0 Å². The van der Waals surface area contributed by atoms with E-state index in [1.807, 2.05) is 0 Å². The molecule has 26 heavy (non-hydrogen) atoms. The van der Waals surface area contributed by atoms with Crippen molar-refractivity contribution in [1.82, 2.24) is 9.55 Å². The van der Waals surface area contributed by atoms with E-state index in [4.69, 9.17) is 35.8 Å². The molecule has 2 N–H and O–H groups in total. The number of nitrogens with two attached hydrogens (primary N) is 1. The summed E-state index contributed by atoms with van der Waals surface area (Å²) in [7, 11) is 0.